The van der Waals surface area contributed by atoms with Gasteiger partial charge in [-0.15, -0.1) is 0 Å². The lowest BCUT2D eigenvalue weighted by molar-refractivity contribution is -0.124. The van der Waals surface area contributed by atoms with Gasteiger partial charge in [0.25, 0.3) is 5.91 Å². The highest BCUT2D eigenvalue weighted by atomic mass is 16.5. The maximum absolute atomic E-state index is 11.3. The number of hydroxylamine groups is 1. The van der Waals surface area contributed by atoms with Gasteiger partial charge in [-0.2, -0.15) is 0 Å². The van der Waals surface area contributed by atoms with Crippen molar-refractivity contribution >= 4 is 5.91 Å². The van der Waals surface area contributed by atoms with E-state index in [9.17, 15) is 4.79 Å². The van der Waals surface area contributed by atoms with Gasteiger partial charge in [0.05, 0.1) is 5.70 Å². The van der Waals surface area contributed by atoms with E-state index in [2.05, 4.69) is 55.1 Å². The van der Waals surface area contributed by atoms with Crippen LogP contribution in [0, 0.1) is 5.92 Å². The number of likely N-dealkylation sites (N-methyl/N-ethyl adjacent to an activating group) is 1. The molecule has 2 aliphatic rings. The van der Waals surface area contributed by atoms with Crippen LogP contribution in [0.3, 0.4) is 0 Å². The van der Waals surface area contributed by atoms with E-state index >= 15 is 0 Å². The largest absolute Gasteiger partial charge is 0.364 e. The van der Waals surface area contributed by atoms with Gasteiger partial charge in [0.2, 0.25) is 0 Å². The molecule has 0 aromatic rings. The van der Waals surface area contributed by atoms with E-state index in [1.807, 2.05) is 6.08 Å². The summed E-state index contributed by atoms with van der Waals surface area (Å²) in [6.45, 7) is 12.1. The van der Waals surface area contributed by atoms with Gasteiger partial charge in [-0.1, -0.05) is 40.5 Å². The molecular weight excluding hydrogens is 364 g/mol. The minimum atomic E-state index is -0.524. The van der Waals surface area contributed by atoms with Gasteiger partial charge in [-0.3, -0.25) is 14.9 Å². The van der Waals surface area contributed by atoms with E-state index in [1.54, 1.807) is 11.6 Å². The quantitative estimate of drug-likeness (QED) is 0.200. The summed E-state index contributed by atoms with van der Waals surface area (Å²) in [5.74, 6) is 0.184. The van der Waals surface area contributed by atoms with Crippen LogP contribution in [0.15, 0.2) is 47.5 Å². The molecule has 0 aromatic heterocycles. The van der Waals surface area contributed by atoms with E-state index in [0.29, 0.717) is 5.92 Å². The summed E-state index contributed by atoms with van der Waals surface area (Å²) < 4.78 is 0. The predicted octanol–water partition coefficient (Wildman–Crippen LogP) is 3.89. The van der Waals surface area contributed by atoms with Crippen LogP contribution in [-0.2, 0) is 4.79 Å². The van der Waals surface area contributed by atoms with E-state index in [-0.39, 0.29) is 6.17 Å². The Morgan fingerprint density at radius 1 is 1.38 bits per heavy atom. The van der Waals surface area contributed by atoms with Crippen molar-refractivity contribution < 1.29 is 10.0 Å². The molecule has 0 aromatic carbocycles. The topological polar surface area (TPSA) is 67.8 Å². The molecular formula is C23H38N4O2. The Balaban J connectivity index is 2.13. The van der Waals surface area contributed by atoms with Crippen LogP contribution in [0.5, 0.6) is 0 Å². The minimum Gasteiger partial charge on any atom is -0.364 e. The summed E-state index contributed by atoms with van der Waals surface area (Å²) in [7, 11) is 0. The van der Waals surface area contributed by atoms with Gasteiger partial charge in [-0.25, -0.2) is 5.48 Å². The third-order valence-corrected chi connectivity index (χ3v) is 5.47. The van der Waals surface area contributed by atoms with Crippen LogP contribution in [0.1, 0.15) is 59.8 Å². The number of rotatable bonds is 12. The maximum Gasteiger partial charge on any atom is 0.267 e. The van der Waals surface area contributed by atoms with E-state index in [4.69, 9.17) is 5.21 Å². The summed E-state index contributed by atoms with van der Waals surface area (Å²) >= 11 is 0. The van der Waals surface area contributed by atoms with Gasteiger partial charge in [0.1, 0.15) is 6.17 Å². The Morgan fingerprint density at radius 3 is 2.83 bits per heavy atom. The Hall–Kier alpha value is -2.05. The lowest BCUT2D eigenvalue weighted by Gasteiger charge is -2.30. The number of amides is 1. The smallest absolute Gasteiger partial charge is 0.267 e. The van der Waals surface area contributed by atoms with Crippen molar-refractivity contribution in [3.8, 4) is 0 Å². The molecule has 1 atom stereocenters. The summed E-state index contributed by atoms with van der Waals surface area (Å²) in [4.78, 5) is 16.1. The first-order chi connectivity index (χ1) is 14.0. The predicted molar refractivity (Wildman–Crippen MR) is 118 cm³/mol. The fourth-order valence-corrected chi connectivity index (χ4v) is 3.63. The highest BCUT2D eigenvalue weighted by Crippen LogP contribution is 2.29. The molecule has 1 unspecified atom stereocenters. The molecule has 2 rings (SSSR count). The SMILES string of the molecule is CCCCCC1=C(CN(CC)CCC(C)C)N2C=CC(/C=C/C(=O)NO)=CC2N1. The molecule has 0 saturated carbocycles. The fraction of sp³-hybridized carbons (Fsp3) is 0.609. The van der Waals surface area contributed by atoms with Crippen molar-refractivity contribution in [2.75, 3.05) is 19.6 Å². The first-order valence-corrected chi connectivity index (χ1v) is 11.0. The summed E-state index contributed by atoms with van der Waals surface area (Å²) in [5.41, 5.74) is 5.27. The number of allylic oxidation sites excluding steroid dienone is 4. The molecule has 6 nitrogen and oxygen atoms in total. The minimum absolute atomic E-state index is 0.0762. The van der Waals surface area contributed by atoms with Crippen LogP contribution in [0.25, 0.3) is 0 Å². The average molecular weight is 403 g/mol. The first-order valence-electron chi connectivity index (χ1n) is 11.0. The van der Waals surface area contributed by atoms with Crippen molar-refractivity contribution in [2.24, 2.45) is 5.92 Å². The summed E-state index contributed by atoms with van der Waals surface area (Å²) in [5, 5.41) is 12.3. The zero-order valence-electron chi connectivity index (χ0n) is 18.4. The Kier molecular flexibility index (Phi) is 9.48. The summed E-state index contributed by atoms with van der Waals surface area (Å²) in [6.07, 6.45) is 15.3. The molecule has 6 heteroatoms. The molecule has 0 saturated heterocycles. The molecule has 0 bridgehead atoms. The van der Waals surface area contributed by atoms with Crippen molar-refractivity contribution in [2.45, 2.75) is 66.0 Å². The molecule has 3 N–H and O–H groups in total. The molecule has 162 valence electrons. The molecule has 0 fully saturated rings. The van der Waals surface area contributed by atoms with Crippen molar-refractivity contribution in [3.05, 3.63) is 47.5 Å². The van der Waals surface area contributed by atoms with Gasteiger partial charge in [-0.05, 0) is 62.1 Å². The zero-order valence-corrected chi connectivity index (χ0v) is 18.4. The standard InChI is InChI=1S/C23H38N4O2/c1-5-7-8-9-20-21(17-26(6-2)14-12-18(3)4)27-15-13-19(16-22(27)24-20)10-11-23(28)25-29/h10-11,13,15-16,18,22,24,29H,5-9,12,14,17H2,1-4H3,(H,25,28)/b11-10+. The molecule has 0 radical (unpaired) electrons. The Morgan fingerprint density at radius 2 is 2.17 bits per heavy atom. The van der Waals surface area contributed by atoms with Crippen LogP contribution in [0.4, 0.5) is 0 Å². The molecule has 2 heterocycles. The Bertz CT molecular complexity index is 664. The van der Waals surface area contributed by atoms with Crippen molar-refractivity contribution in [1.82, 2.24) is 20.6 Å². The highest BCUT2D eigenvalue weighted by molar-refractivity contribution is 5.87. The van der Waals surface area contributed by atoms with Gasteiger partial charge in [0, 0.05) is 24.5 Å². The number of nitrogens with zero attached hydrogens (tertiary/aromatic N) is 2. The maximum atomic E-state index is 11.3. The van der Waals surface area contributed by atoms with E-state index in [0.717, 1.165) is 31.6 Å². The lowest BCUT2D eigenvalue weighted by Crippen LogP contribution is -2.37. The van der Waals surface area contributed by atoms with E-state index < -0.39 is 5.91 Å². The monoisotopic (exact) mass is 402 g/mol. The van der Waals surface area contributed by atoms with Crippen molar-refractivity contribution in [1.29, 1.82) is 0 Å². The Labute approximate surface area is 176 Å². The average Bonchev–Trinajstić information content (AvgIpc) is 3.05. The second-order valence-corrected chi connectivity index (χ2v) is 8.22. The van der Waals surface area contributed by atoms with Gasteiger partial charge >= 0.3 is 0 Å². The van der Waals surface area contributed by atoms with Gasteiger partial charge < -0.3 is 10.2 Å². The highest BCUT2D eigenvalue weighted by Gasteiger charge is 2.30. The molecule has 0 spiro atoms. The van der Waals surface area contributed by atoms with Crippen LogP contribution < -0.4 is 10.8 Å². The third kappa shape index (κ3) is 7.05. The first kappa shape index (κ1) is 23.2. The van der Waals surface area contributed by atoms with Crippen LogP contribution >= 0.6 is 0 Å². The number of nitrogens with one attached hydrogen (secondary N) is 2. The molecule has 29 heavy (non-hydrogen) atoms. The second-order valence-electron chi connectivity index (χ2n) is 8.22. The fourth-order valence-electron chi connectivity index (χ4n) is 3.63. The molecule has 0 aliphatic carbocycles. The second kappa shape index (κ2) is 11.8. The number of fused-ring (bicyclic) bond motifs is 1. The number of carbonyl (C=O) groups excluding carboxylic acids is 1. The number of unbranched alkanes of at least 4 members (excludes halogenated alkanes) is 2. The summed E-state index contributed by atoms with van der Waals surface area (Å²) in [6, 6.07) is 0. The third-order valence-electron chi connectivity index (χ3n) is 5.47. The van der Waals surface area contributed by atoms with Crippen molar-refractivity contribution in [3.63, 3.8) is 0 Å². The number of hydrogen-bond acceptors (Lipinski definition) is 5. The van der Waals surface area contributed by atoms with Gasteiger partial charge in [0.15, 0.2) is 0 Å². The number of carbonyl (C=O) groups is 1. The van der Waals surface area contributed by atoms with Crippen LogP contribution in [0.2, 0.25) is 0 Å². The normalized spacial score (nSPS) is 18.7. The zero-order chi connectivity index (χ0) is 21.2. The molecule has 1 amide bonds. The van der Waals surface area contributed by atoms with Crippen LogP contribution in [-0.4, -0.2) is 46.7 Å². The number of hydrogen-bond donors (Lipinski definition) is 3. The van der Waals surface area contributed by atoms with E-state index in [1.165, 1.54) is 43.2 Å². The molecule has 2 aliphatic heterocycles. The lowest BCUT2D eigenvalue weighted by atomic mass is 10.1.